The number of ether oxygens (including phenoxy) is 2. The van der Waals surface area contributed by atoms with E-state index in [0.29, 0.717) is 24.3 Å². The molecular formula is C26H36N6O4S. The minimum Gasteiger partial charge on any atom is -0.497 e. The maximum absolute atomic E-state index is 12.9. The van der Waals surface area contributed by atoms with Crippen LogP contribution in [0.15, 0.2) is 35.3 Å². The Kier molecular flexibility index (Phi) is 6.88. The second-order valence-electron chi connectivity index (χ2n) is 11.1. The monoisotopic (exact) mass is 528 g/mol. The lowest BCUT2D eigenvalue weighted by Crippen LogP contribution is -2.55. The van der Waals surface area contributed by atoms with E-state index in [0.717, 1.165) is 43.1 Å². The number of rotatable bonds is 6. The molecule has 200 valence electrons. The molecular weight excluding hydrogens is 492 g/mol. The topological polar surface area (TPSA) is 114 Å². The number of aromatic amines is 1. The predicted octanol–water partition coefficient (Wildman–Crippen LogP) is 2.60. The molecule has 0 aliphatic carbocycles. The number of hydrogen-bond acceptors (Lipinski definition) is 7. The van der Waals surface area contributed by atoms with E-state index in [2.05, 4.69) is 26.6 Å². The first-order valence-electron chi connectivity index (χ1n) is 12.7. The highest BCUT2D eigenvalue weighted by molar-refractivity contribution is 7.84. The largest absolute Gasteiger partial charge is 0.497 e. The Morgan fingerprint density at radius 1 is 1.24 bits per heavy atom. The summed E-state index contributed by atoms with van der Waals surface area (Å²) in [5, 5.41) is 2.87. The SMILES string of the molecule is COc1ccc(Cn2[nH]c(=O)c3ncc(N4CCC5(CC4)CO[C@@H](C)[C@H]5N[S@@](=O)C(C)(C)C)nc32)cc1. The van der Waals surface area contributed by atoms with Gasteiger partial charge in [0.25, 0.3) is 5.56 Å². The molecule has 4 heterocycles. The summed E-state index contributed by atoms with van der Waals surface area (Å²) in [6.45, 7) is 10.7. The summed E-state index contributed by atoms with van der Waals surface area (Å²) in [7, 11) is 0.470. The molecule has 0 unspecified atom stereocenters. The normalized spacial score (nSPS) is 22.6. The minimum atomic E-state index is -1.16. The molecule has 1 spiro atoms. The fraction of sp³-hybridized carbons (Fsp3) is 0.577. The van der Waals surface area contributed by atoms with Crippen LogP contribution in [0.2, 0.25) is 0 Å². The van der Waals surface area contributed by atoms with Crippen LogP contribution in [0.3, 0.4) is 0 Å². The van der Waals surface area contributed by atoms with Crippen LogP contribution in [-0.4, -0.2) is 67.7 Å². The van der Waals surface area contributed by atoms with Gasteiger partial charge in [0.15, 0.2) is 11.2 Å². The number of benzene rings is 1. The van der Waals surface area contributed by atoms with Crippen LogP contribution < -0.4 is 19.9 Å². The Hall–Kier alpha value is -2.76. The van der Waals surface area contributed by atoms with Crippen molar-refractivity contribution in [3.8, 4) is 5.75 Å². The van der Waals surface area contributed by atoms with E-state index in [4.69, 9.17) is 14.5 Å². The molecule has 2 saturated heterocycles. The Balaban J connectivity index is 1.34. The van der Waals surface area contributed by atoms with Crippen molar-refractivity contribution in [2.45, 2.75) is 64.0 Å². The summed E-state index contributed by atoms with van der Waals surface area (Å²) < 4.78 is 29.0. The summed E-state index contributed by atoms with van der Waals surface area (Å²) >= 11 is 0. The van der Waals surface area contributed by atoms with Crippen LogP contribution in [0.4, 0.5) is 5.82 Å². The number of H-pyrrole nitrogens is 1. The van der Waals surface area contributed by atoms with Gasteiger partial charge in [0.2, 0.25) is 0 Å². The van der Waals surface area contributed by atoms with Crippen molar-refractivity contribution in [3.05, 3.63) is 46.4 Å². The summed E-state index contributed by atoms with van der Waals surface area (Å²) in [5.41, 5.74) is 1.56. The van der Waals surface area contributed by atoms with Crippen LogP contribution in [0, 0.1) is 5.41 Å². The molecule has 3 atom stereocenters. The van der Waals surface area contributed by atoms with Crippen LogP contribution in [0.1, 0.15) is 46.1 Å². The number of anilines is 1. The molecule has 0 radical (unpaired) electrons. The second kappa shape index (κ2) is 9.85. The molecule has 2 fully saturated rings. The van der Waals surface area contributed by atoms with E-state index in [-0.39, 0.29) is 27.9 Å². The molecule has 2 aliphatic rings. The number of aromatic nitrogens is 4. The van der Waals surface area contributed by atoms with Gasteiger partial charge in [-0.3, -0.25) is 14.6 Å². The highest BCUT2D eigenvalue weighted by Gasteiger charge is 2.50. The van der Waals surface area contributed by atoms with Crippen molar-refractivity contribution < 1.29 is 13.7 Å². The molecule has 1 aromatic carbocycles. The van der Waals surface area contributed by atoms with Crippen LogP contribution in [-0.2, 0) is 22.3 Å². The third-order valence-corrected chi connectivity index (χ3v) is 9.16. The fourth-order valence-corrected chi connectivity index (χ4v) is 6.28. The van der Waals surface area contributed by atoms with Crippen molar-refractivity contribution in [2.75, 3.05) is 31.7 Å². The van der Waals surface area contributed by atoms with E-state index >= 15 is 0 Å². The molecule has 2 aliphatic heterocycles. The van der Waals surface area contributed by atoms with Crippen LogP contribution in [0.25, 0.3) is 11.2 Å². The van der Waals surface area contributed by atoms with Crippen molar-refractivity contribution in [2.24, 2.45) is 5.41 Å². The van der Waals surface area contributed by atoms with Gasteiger partial charge in [-0.1, -0.05) is 12.1 Å². The first kappa shape index (κ1) is 25.9. The average Bonchev–Trinajstić information content (AvgIpc) is 3.35. The summed E-state index contributed by atoms with van der Waals surface area (Å²) in [6.07, 6.45) is 3.47. The number of methoxy groups -OCH3 is 1. The van der Waals surface area contributed by atoms with E-state index in [1.807, 2.05) is 45.0 Å². The van der Waals surface area contributed by atoms with Crippen molar-refractivity contribution in [1.29, 1.82) is 0 Å². The van der Waals surface area contributed by atoms with E-state index < -0.39 is 11.0 Å². The maximum Gasteiger partial charge on any atom is 0.292 e. The average molecular weight is 529 g/mol. The number of piperidine rings is 1. The first-order chi connectivity index (χ1) is 17.6. The lowest BCUT2D eigenvalue weighted by Gasteiger charge is -2.43. The number of nitrogens with zero attached hydrogens (tertiary/aromatic N) is 4. The first-order valence-corrected chi connectivity index (χ1v) is 13.9. The zero-order chi connectivity index (χ0) is 26.4. The molecule has 2 aromatic heterocycles. The third kappa shape index (κ3) is 5.04. The van der Waals surface area contributed by atoms with Gasteiger partial charge in [-0.05, 0) is 58.2 Å². The zero-order valence-electron chi connectivity index (χ0n) is 22.1. The van der Waals surface area contributed by atoms with Gasteiger partial charge >= 0.3 is 0 Å². The van der Waals surface area contributed by atoms with Gasteiger partial charge in [-0.15, -0.1) is 0 Å². The molecule has 10 nitrogen and oxygen atoms in total. The Morgan fingerprint density at radius 3 is 2.59 bits per heavy atom. The second-order valence-corrected chi connectivity index (χ2v) is 13.1. The quantitative estimate of drug-likeness (QED) is 0.505. The Morgan fingerprint density at radius 2 is 1.95 bits per heavy atom. The lowest BCUT2D eigenvalue weighted by atomic mass is 9.73. The molecule has 5 rings (SSSR count). The molecule has 37 heavy (non-hydrogen) atoms. The smallest absolute Gasteiger partial charge is 0.292 e. The Labute approximate surface area is 219 Å². The van der Waals surface area contributed by atoms with Gasteiger partial charge in [-0.25, -0.2) is 18.9 Å². The summed E-state index contributed by atoms with van der Waals surface area (Å²) in [5.74, 6) is 1.53. The van der Waals surface area contributed by atoms with Gasteiger partial charge < -0.3 is 14.4 Å². The highest BCUT2D eigenvalue weighted by Crippen LogP contribution is 2.43. The van der Waals surface area contributed by atoms with Gasteiger partial charge in [0, 0.05) is 18.5 Å². The maximum atomic E-state index is 12.9. The van der Waals surface area contributed by atoms with E-state index in [9.17, 15) is 9.00 Å². The van der Waals surface area contributed by atoms with Crippen molar-refractivity contribution in [1.82, 2.24) is 24.5 Å². The molecule has 11 heteroatoms. The van der Waals surface area contributed by atoms with Gasteiger partial charge in [-0.2, -0.15) is 0 Å². The molecule has 2 N–H and O–H groups in total. The van der Waals surface area contributed by atoms with Crippen molar-refractivity contribution in [3.63, 3.8) is 0 Å². The predicted molar refractivity (Wildman–Crippen MR) is 144 cm³/mol. The van der Waals surface area contributed by atoms with Gasteiger partial charge in [0.05, 0.1) is 54.3 Å². The lowest BCUT2D eigenvalue weighted by molar-refractivity contribution is 0.0973. The summed E-state index contributed by atoms with van der Waals surface area (Å²) in [4.78, 5) is 24.0. The van der Waals surface area contributed by atoms with Crippen LogP contribution >= 0.6 is 0 Å². The van der Waals surface area contributed by atoms with Crippen molar-refractivity contribution >= 4 is 28.0 Å². The highest BCUT2D eigenvalue weighted by atomic mass is 32.2. The van der Waals surface area contributed by atoms with Gasteiger partial charge in [0.1, 0.15) is 11.6 Å². The molecule has 3 aromatic rings. The zero-order valence-corrected chi connectivity index (χ0v) is 22.9. The van der Waals surface area contributed by atoms with E-state index in [1.165, 1.54) is 0 Å². The minimum absolute atomic E-state index is 0.00114. The molecule has 0 amide bonds. The Bertz CT molecular complexity index is 1340. The number of nitrogens with one attached hydrogen (secondary N) is 2. The van der Waals surface area contributed by atoms with E-state index in [1.54, 1.807) is 18.0 Å². The standard InChI is InChI=1S/C26H36N6O4S/c1-17-22(30-37(34)25(2,3)4)26(16-36-17)10-12-31(13-11-26)20-14-27-21-23(28-20)32(29-24(21)33)15-18-6-8-19(35-5)9-7-18/h6-9,14,17,22,30H,10-13,15-16H2,1-5H3,(H,29,33)/t17-,22+,37-/m0/s1. The third-order valence-electron chi connectivity index (χ3n) is 7.58. The number of fused-ring (bicyclic) bond motifs is 1. The summed E-state index contributed by atoms with van der Waals surface area (Å²) in [6, 6.07) is 7.75. The molecule has 0 bridgehead atoms. The number of hydrogen-bond donors (Lipinski definition) is 2. The fourth-order valence-electron chi connectivity index (χ4n) is 5.26. The molecule has 0 saturated carbocycles. The van der Waals surface area contributed by atoms with Crippen LogP contribution in [0.5, 0.6) is 5.75 Å².